The average Bonchev–Trinajstić information content (AvgIpc) is 3.76. The quantitative estimate of drug-likeness (QED) is 0.198. The number of para-hydroxylation sites is 3. The third-order valence-corrected chi connectivity index (χ3v) is 11.0. The van der Waals surface area contributed by atoms with E-state index in [-0.39, 0.29) is 0 Å². The number of nitrogens with zero attached hydrogens (tertiary/aromatic N) is 2. The predicted octanol–water partition coefficient (Wildman–Crippen LogP) is 11.4. The van der Waals surface area contributed by atoms with E-state index in [9.17, 15) is 0 Å². The molecule has 2 aromatic heterocycles. The van der Waals surface area contributed by atoms with Crippen LogP contribution in [0, 0.1) is 0 Å². The predicted molar refractivity (Wildman–Crippen MR) is 192 cm³/mol. The van der Waals surface area contributed by atoms with Gasteiger partial charge in [-0.1, -0.05) is 97.1 Å². The van der Waals surface area contributed by atoms with Crippen LogP contribution in [-0.4, -0.2) is 14.4 Å². The number of hydrogen-bond donors (Lipinski definition) is 0. The maximum Gasteiger partial charge on any atom is 0.0604 e. The van der Waals surface area contributed by atoms with Crippen LogP contribution in [0.3, 0.4) is 0 Å². The van der Waals surface area contributed by atoms with Gasteiger partial charge >= 0.3 is 0 Å². The van der Waals surface area contributed by atoms with Gasteiger partial charge < -0.3 is 9.13 Å². The van der Waals surface area contributed by atoms with Gasteiger partial charge in [0.25, 0.3) is 0 Å². The maximum atomic E-state index is 2.49. The normalized spacial score (nSPS) is 15.6. The molecule has 0 N–H and O–H groups in total. The Hall–Kier alpha value is -5.25. The van der Waals surface area contributed by atoms with Crippen LogP contribution in [0.4, 0.5) is 0 Å². The van der Waals surface area contributed by atoms with Crippen LogP contribution in [0.25, 0.3) is 71.7 Å². The Kier molecular flexibility index (Phi) is 5.37. The van der Waals surface area contributed by atoms with E-state index in [4.69, 9.17) is 0 Å². The van der Waals surface area contributed by atoms with Crippen LogP contribution in [0.5, 0.6) is 0 Å². The molecule has 10 rings (SSSR count). The van der Waals surface area contributed by atoms with E-state index in [0.29, 0.717) is 5.25 Å². The average molecular weight is 593 g/mol. The van der Waals surface area contributed by atoms with Gasteiger partial charge in [0.15, 0.2) is 0 Å². The van der Waals surface area contributed by atoms with Crippen molar-refractivity contribution in [2.45, 2.75) is 16.6 Å². The zero-order valence-electron chi connectivity index (χ0n) is 24.5. The fourth-order valence-electron chi connectivity index (χ4n) is 7.60. The molecule has 0 saturated heterocycles. The lowest BCUT2D eigenvalue weighted by atomic mass is 9.97. The first-order chi connectivity index (χ1) is 22.3. The molecule has 0 bridgehead atoms. The second kappa shape index (κ2) is 9.62. The largest absolute Gasteiger partial charge is 0.309 e. The summed E-state index contributed by atoms with van der Waals surface area (Å²) in [5.41, 5.74) is 12.7. The van der Waals surface area contributed by atoms with E-state index in [1.165, 1.54) is 82.1 Å². The lowest BCUT2D eigenvalue weighted by molar-refractivity contribution is 1.09. The van der Waals surface area contributed by atoms with Crippen molar-refractivity contribution in [2.24, 2.45) is 0 Å². The Balaban J connectivity index is 1.17. The number of aromatic nitrogens is 2. The summed E-state index contributed by atoms with van der Waals surface area (Å²) in [5.74, 6) is 0. The number of benzene rings is 6. The molecule has 2 nitrogen and oxygen atoms in total. The lowest BCUT2D eigenvalue weighted by Crippen LogP contribution is -2.00. The minimum Gasteiger partial charge on any atom is -0.309 e. The Labute approximate surface area is 265 Å². The second-order valence-electron chi connectivity index (χ2n) is 12.1. The van der Waals surface area contributed by atoms with Gasteiger partial charge in [-0.05, 0) is 83.3 Å². The highest BCUT2D eigenvalue weighted by molar-refractivity contribution is 8.01. The molecule has 1 aliphatic carbocycles. The van der Waals surface area contributed by atoms with E-state index in [0.717, 1.165) is 6.42 Å². The van der Waals surface area contributed by atoms with Gasteiger partial charge in [-0.2, -0.15) is 0 Å². The van der Waals surface area contributed by atoms with Crippen molar-refractivity contribution in [3.8, 4) is 22.5 Å². The molecule has 0 radical (unpaired) electrons. The molecule has 0 spiro atoms. The van der Waals surface area contributed by atoms with Gasteiger partial charge in [-0.3, -0.25) is 0 Å². The molecule has 1 atom stereocenters. The van der Waals surface area contributed by atoms with Gasteiger partial charge in [0.2, 0.25) is 0 Å². The highest BCUT2D eigenvalue weighted by Gasteiger charge is 2.31. The fourth-order valence-corrected chi connectivity index (χ4v) is 9.01. The van der Waals surface area contributed by atoms with E-state index in [1.807, 2.05) is 11.8 Å². The third-order valence-electron chi connectivity index (χ3n) is 9.61. The van der Waals surface area contributed by atoms with Crippen LogP contribution in [-0.2, 0) is 0 Å². The van der Waals surface area contributed by atoms with Crippen molar-refractivity contribution in [2.75, 3.05) is 0 Å². The van der Waals surface area contributed by atoms with Crippen molar-refractivity contribution >= 4 is 60.9 Å². The van der Waals surface area contributed by atoms with Gasteiger partial charge in [0.1, 0.15) is 0 Å². The number of hydrogen-bond acceptors (Lipinski definition) is 1. The molecule has 0 fully saturated rings. The summed E-state index contributed by atoms with van der Waals surface area (Å²) in [5, 5.41) is 5.63. The summed E-state index contributed by atoms with van der Waals surface area (Å²) in [4.78, 5) is 1.39. The summed E-state index contributed by atoms with van der Waals surface area (Å²) < 4.78 is 4.87. The smallest absolute Gasteiger partial charge is 0.0604 e. The first-order valence-corrected chi connectivity index (χ1v) is 16.5. The van der Waals surface area contributed by atoms with Crippen molar-refractivity contribution in [1.82, 2.24) is 9.13 Å². The minimum absolute atomic E-state index is 0.508. The summed E-state index contributed by atoms with van der Waals surface area (Å²) >= 11 is 2.02. The molecule has 212 valence electrons. The zero-order chi connectivity index (χ0) is 29.5. The summed E-state index contributed by atoms with van der Waals surface area (Å²) in [7, 11) is 0. The molecule has 0 amide bonds. The third kappa shape index (κ3) is 3.65. The van der Waals surface area contributed by atoms with Crippen LogP contribution in [0.1, 0.15) is 12.0 Å². The van der Waals surface area contributed by atoms with Crippen molar-refractivity contribution in [3.63, 3.8) is 0 Å². The molecular formula is C42H28N2S. The van der Waals surface area contributed by atoms with E-state index < -0.39 is 0 Å². The van der Waals surface area contributed by atoms with Gasteiger partial charge in [0, 0.05) is 37.4 Å². The minimum atomic E-state index is 0.508. The summed E-state index contributed by atoms with van der Waals surface area (Å²) in [6, 6.07) is 49.1. The van der Waals surface area contributed by atoms with Crippen LogP contribution in [0.15, 0.2) is 157 Å². The van der Waals surface area contributed by atoms with Gasteiger partial charge in [0.05, 0.1) is 27.8 Å². The Bertz CT molecular complexity index is 2540. The highest BCUT2D eigenvalue weighted by Crippen LogP contribution is 2.51. The first kappa shape index (κ1) is 25.1. The fraction of sp³-hybridized carbons (Fsp3) is 0.0476. The molecule has 1 aliphatic heterocycles. The first-order valence-electron chi connectivity index (χ1n) is 15.6. The molecule has 6 aromatic carbocycles. The monoisotopic (exact) mass is 592 g/mol. The number of fused-ring (bicyclic) bond motifs is 9. The topological polar surface area (TPSA) is 9.86 Å². The van der Waals surface area contributed by atoms with Crippen LogP contribution < -0.4 is 0 Å². The molecule has 3 heterocycles. The summed E-state index contributed by atoms with van der Waals surface area (Å²) in [6.45, 7) is 0. The van der Waals surface area contributed by atoms with Gasteiger partial charge in [-0.15, -0.1) is 11.8 Å². The molecule has 3 heteroatoms. The molecule has 0 saturated carbocycles. The standard InChI is InChI=1S/C42H28N2S/c1-2-11-29(12-3-1)43-36-17-7-4-13-30(36)34-25-27(21-23-38(34)43)28-22-24-39-35(26-28)31-14-5-8-18-37(31)44(39)40-19-10-16-33-32-15-6-9-20-41(32)45-42(33)40/h1-19,21-26,41H,20H2. The molecule has 1 unspecified atom stereocenters. The lowest BCUT2D eigenvalue weighted by Gasteiger charge is -2.13. The van der Waals surface area contributed by atoms with Gasteiger partial charge in [-0.25, -0.2) is 0 Å². The molecule has 8 aromatic rings. The SMILES string of the molecule is C1=CCC2Sc3c(cccc3-n3c4ccccc4c4cc(-c5ccc6c(c5)c5ccccc5n6-c5ccccc5)ccc43)C2=C1. The van der Waals surface area contributed by atoms with E-state index in [1.54, 1.807) is 0 Å². The Morgan fingerprint density at radius 2 is 1.16 bits per heavy atom. The number of allylic oxidation sites excluding steroid dienone is 3. The second-order valence-corrected chi connectivity index (χ2v) is 13.3. The zero-order valence-corrected chi connectivity index (χ0v) is 25.3. The van der Waals surface area contributed by atoms with Crippen molar-refractivity contribution in [3.05, 3.63) is 157 Å². The van der Waals surface area contributed by atoms with Crippen LogP contribution >= 0.6 is 11.8 Å². The van der Waals surface area contributed by atoms with Crippen molar-refractivity contribution in [1.29, 1.82) is 0 Å². The summed E-state index contributed by atoms with van der Waals surface area (Å²) in [6.07, 6.45) is 7.91. The number of rotatable bonds is 3. The molecule has 45 heavy (non-hydrogen) atoms. The van der Waals surface area contributed by atoms with E-state index >= 15 is 0 Å². The van der Waals surface area contributed by atoms with E-state index in [2.05, 4.69) is 161 Å². The maximum absolute atomic E-state index is 2.49. The highest BCUT2D eigenvalue weighted by atomic mass is 32.2. The van der Waals surface area contributed by atoms with Crippen molar-refractivity contribution < 1.29 is 0 Å². The van der Waals surface area contributed by atoms with Crippen LogP contribution in [0.2, 0.25) is 0 Å². The Morgan fingerprint density at radius 1 is 0.533 bits per heavy atom. The molecular weight excluding hydrogens is 565 g/mol. The Morgan fingerprint density at radius 3 is 1.89 bits per heavy atom. The number of thioether (sulfide) groups is 1. The molecule has 2 aliphatic rings.